The van der Waals surface area contributed by atoms with Gasteiger partial charge in [0.25, 0.3) is 5.91 Å². The summed E-state index contributed by atoms with van der Waals surface area (Å²) in [5, 5.41) is 0.470. The second-order valence-corrected chi connectivity index (χ2v) is 5.64. The second-order valence-electron chi connectivity index (χ2n) is 5.21. The molecule has 1 atom stereocenters. The van der Waals surface area contributed by atoms with Gasteiger partial charge in [-0.25, -0.2) is 0 Å². The van der Waals surface area contributed by atoms with Gasteiger partial charge in [-0.1, -0.05) is 61.3 Å². The van der Waals surface area contributed by atoms with E-state index in [1.54, 1.807) is 24.3 Å². The first-order chi connectivity index (χ1) is 11.1. The molecular weight excluding hydrogens is 312 g/mol. The summed E-state index contributed by atoms with van der Waals surface area (Å²) < 4.78 is 0. The third kappa shape index (κ3) is 4.83. The highest BCUT2D eigenvalue weighted by Crippen LogP contribution is 2.21. The number of nitrogens with one attached hydrogen (secondary N) is 2. The van der Waals surface area contributed by atoms with Gasteiger partial charge in [0, 0.05) is 10.6 Å². The first-order valence-corrected chi connectivity index (χ1v) is 7.90. The number of rotatable bonds is 5. The first kappa shape index (κ1) is 17.0. The maximum atomic E-state index is 12.4. The molecule has 0 aliphatic carbocycles. The van der Waals surface area contributed by atoms with E-state index in [4.69, 9.17) is 11.6 Å². The number of halogens is 1. The van der Waals surface area contributed by atoms with Crippen LogP contribution in [0.25, 0.3) is 0 Å². The molecule has 0 heterocycles. The summed E-state index contributed by atoms with van der Waals surface area (Å²) in [4.78, 5) is 24.4. The van der Waals surface area contributed by atoms with Crippen LogP contribution in [0.4, 0.5) is 0 Å². The molecule has 0 radical (unpaired) electrons. The van der Waals surface area contributed by atoms with Crippen LogP contribution in [0.15, 0.2) is 54.6 Å². The van der Waals surface area contributed by atoms with Crippen LogP contribution in [-0.2, 0) is 4.79 Å². The van der Waals surface area contributed by atoms with Gasteiger partial charge in [-0.05, 0) is 30.2 Å². The van der Waals surface area contributed by atoms with Gasteiger partial charge in [0.15, 0.2) is 0 Å². The van der Waals surface area contributed by atoms with Gasteiger partial charge in [0.2, 0.25) is 5.91 Å². The molecule has 0 spiro atoms. The molecule has 2 amide bonds. The summed E-state index contributed by atoms with van der Waals surface area (Å²) in [6, 6.07) is 16.1. The zero-order valence-corrected chi connectivity index (χ0v) is 13.6. The summed E-state index contributed by atoms with van der Waals surface area (Å²) in [5.41, 5.74) is 6.27. The fourth-order valence-electron chi connectivity index (χ4n) is 2.33. The minimum absolute atomic E-state index is 0.228. The highest BCUT2D eigenvalue weighted by atomic mass is 35.5. The summed E-state index contributed by atoms with van der Waals surface area (Å²) in [6.07, 6.45) is 1.58. The number of carbonyl (C=O) groups is 2. The van der Waals surface area contributed by atoms with Crippen molar-refractivity contribution in [1.29, 1.82) is 0 Å². The predicted octanol–water partition coefficient (Wildman–Crippen LogP) is 3.68. The molecule has 1 unspecified atom stereocenters. The lowest BCUT2D eigenvalue weighted by Crippen LogP contribution is -2.44. The van der Waals surface area contributed by atoms with Crippen molar-refractivity contribution in [2.24, 2.45) is 0 Å². The van der Waals surface area contributed by atoms with Crippen LogP contribution in [0.2, 0.25) is 5.02 Å². The Kier molecular flexibility index (Phi) is 6.18. The monoisotopic (exact) mass is 330 g/mol. The van der Waals surface area contributed by atoms with Gasteiger partial charge in [-0.15, -0.1) is 0 Å². The molecule has 0 fully saturated rings. The number of benzene rings is 2. The van der Waals surface area contributed by atoms with E-state index in [-0.39, 0.29) is 11.8 Å². The number of hydrogen-bond acceptors (Lipinski definition) is 2. The average molecular weight is 331 g/mol. The summed E-state index contributed by atoms with van der Waals surface area (Å²) in [5.74, 6) is -0.918. The van der Waals surface area contributed by atoms with Crippen LogP contribution >= 0.6 is 11.6 Å². The Labute approximate surface area is 140 Å². The van der Waals surface area contributed by atoms with Crippen molar-refractivity contribution in [2.45, 2.75) is 25.7 Å². The van der Waals surface area contributed by atoms with Gasteiger partial charge in [0.1, 0.15) is 0 Å². The van der Waals surface area contributed by atoms with E-state index in [1.165, 1.54) is 0 Å². The van der Waals surface area contributed by atoms with Crippen LogP contribution in [0.3, 0.4) is 0 Å². The molecule has 0 saturated heterocycles. The van der Waals surface area contributed by atoms with Crippen molar-refractivity contribution in [3.63, 3.8) is 0 Å². The van der Waals surface area contributed by atoms with Crippen molar-refractivity contribution in [3.05, 3.63) is 70.7 Å². The molecule has 0 bridgehead atoms. The minimum Gasteiger partial charge on any atom is -0.273 e. The van der Waals surface area contributed by atoms with Gasteiger partial charge in [-0.2, -0.15) is 0 Å². The van der Waals surface area contributed by atoms with E-state index in [2.05, 4.69) is 10.9 Å². The Balaban J connectivity index is 2.00. The van der Waals surface area contributed by atoms with Crippen LogP contribution < -0.4 is 10.9 Å². The van der Waals surface area contributed by atoms with Gasteiger partial charge in [-0.3, -0.25) is 20.4 Å². The topological polar surface area (TPSA) is 58.2 Å². The third-order valence-electron chi connectivity index (χ3n) is 3.48. The fraction of sp³-hybridized carbons (Fsp3) is 0.222. The quantitative estimate of drug-likeness (QED) is 0.821. The van der Waals surface area contributed by atoms with Crippen molar-refractivity contribution in [1.82, 2.24) is 10.9 Å². The van der Waals surface area contributed by atoms with E-state index < -0.39 is 5.91 Å². The lowest BCUT2D eigenvalue weighted by molar-refractivity contribution is -0.123. The van der Waals surface area contributed by atoms with Crippen LogP contribution in [0, 0.1) is 0 Å². The molecule has 5 heteroatoms. The van der Waals surface area contributed by atoms with Crippen LogP contribution in [0.1, 0.15) is 41.6 Å². The van der Waals surface area contributed by atoms with E-state index in [1.807, 2.05) is 37.3 Å². The lowest BCUT2D eigenvalue weighted by Gasteiger charge is -2.17. The summed E-state index contributed by atoms with van der Waals surface area (Å²) >= 11 is 5.86. The molecule has 0 aliphatic rings. The van der Waals surface area contributed by atoms with Crippen molar-refractivity contribution >= 4 is 23.4 Å². The zero-order valence-electron chi connectivity index (χ0n) is 12.9. The van der Waals surface area contributed by atoms with E-state index in [0.29, 0.717) is 17.0 Å². The zero-order chi connectivity index (χ0) is 16.7. The lowest BCUT2D eigenvalue weighted by atomic mass is 9.94. The van der Waals surface area contributed by atoms with Gasteiger partial charge < -0.3 is 0 Å². The smallest absolute Gasteiger partial charge is 0.269 e. The largest absolute Gasteiger partial charge is 0.273 e. The Bertz CT molecular complexity index is 674. The predicted molar refractivity (Wildman–Crippen MR) is 91.2 cm³/mol. The highest BCUT2D eigenvalue weighted by Gasteiger charge is 2.20. The van der Waals surface area contributed by atoms with Gasteiger partial charge >= 0.3 is 0 Å². The Morgan fingerprint density at radius 2 is 1.78 bits per heavy atom. The first-order valence-electron chi connectivity index (χ1n) is 7.52. The molecular formula is C18H19ClN2O2. The fourth-order valence-corrected chi connectivity index (χ4v) is 2.52. The Morgan fingerprint density at radius 3 is 2.43 bits per heavy atom. The molecule has 2 aromatic carbocycles. The van der Waals surface area contributed by atoms with Crippen molar-refractivity contribution in [3.8, 4) is 0 Å². The summed E-state index contributed by atoms with van der Waals surface area (Å²) in [6.45, 7) is 2.02. The van der Waals surface area contributed by atoms with Crippen molar-refractivity contribution in [2.75, 3.05) is 0 Å². The van der Waals surface area contributed by atoms with Crippen LogP contribution in [0.5, 0.6) is 0 Å². The third-order valence-corrected chi connectivity index (χ3v) is 3.72. The second kappa shape index (κ2) is 8.34. The maximum absolute atomic E-state index is 12.4. The number of hydrogen-bond donors (Lipinski definition) is 2. The molecule has 0 saturated carbocycles. The molecule has 2 rings (SSSR count). The average Bonchev–Trinajstić information content (AvgIpc) is 2.58. The molecule has 2 aromatic rings. The Morgan fingerprint density at radius 1 is 1.04 bits per heavy atom. The SMILES string of the molecule is CCCC(C(=O)NNC(=O)c1cccc(Cl)c1)c1ccccc1. The standard InChI is InChI=1S/C18H19ClN2O2/c1-2-7-16(13-8-4-3-5-9-13)18(23)21-20-17(22)14-10-6-11-15(19)12-14/h3-6,8-12,16H,2,7H2,1H3,(H,20,22)(H,21,23). The summed E-state index contributed by atoms with van der Waals surface area (Å²) in [7, 11) is 0. The molecule has 120 valence electrons. The number of carbonyl (C=O) groups excluding carboxylic acids is 2. The van der Waals surface area contributed by atoms with E-state index in [9.17, 15) is 9.59 Å². The number of hydrazine groups is 1. The molecule has 23 heavy (non-hydrogen) atoms. The van der Waals surface area contributed by atoms with Gasteiger partial charge in [0.05, 0.1) is 5.92 Å². The molecule has 0 aliphatic heterocycles. The van der Waals surface area contributed by atoms with Crippen molar-refractivity contribution < 1.29 is 9.59 Å². The molecule has 2 N–H and O–H groups in total. The Hall–Kier alpha value is -2.33. The number of amides is 2. The highest BCUT2D eigenvalue weighted by molar-refractivity contribution is 6.30. The van der Waals surface area contributed by atoms with E-state index >= 15 is 0 Å². The van der Waals surface area contributed by atoms with Crippen LogP contribution in [-0.4, -0.2) is 11.8 Å². The maximum Gasteiger partial charge on any atom is 0.269 e. The van der Waals surface area contributed by atoms with E-state index in [0.717, 1.165) is 12.0 Å². The minimum atomic E-state index is -0.399. The molecule has 0 aromatic heterocycles. The normalized spacial score (nSPS) is 11.6. The molecule has 4 nitrogen and oxygen atoms in total.